The minimum absolute atomic E-state index is 0.0741. The van der Waals surface area contributed by atoms with E-state index in [1.165, 1.54) is 22.3 Å². The van der Waals surface area contributed by atoms with Crippen LogP contribution in [0, 0.1) is 19.7 Å². The fourth-order valence-corrected chi connectivity index (χ4v) is 4.84. The molecule has 0 bridgehead atoms. The van der Waals surface area contributed by atoms with Gasteiger partial charge in [-0.15, -0.1) is 11.3 Å². The van der Waals surface area contributed by atoms with Crippen LogP contribution < -0.4 is 10.2 Å². The van der Waals surface area contributed by atoms with Crippen molar-refractivity contribution >= 4 is 28.8 Å². The number of carbonyl (C=O) groups is 2. The number of carbonyl (C=O) groups excluding carboxylic acids is 2. The first-order chi connectivity index (χ1) is 15.4. The molecule has 3 aromatic rings. The number of thiophene rings is 1. The second-order valence-electron chi connectivity index (χ2n) is 8.29. The minimum Gasteiger partial charge on any atom is -0.464 e. The topological polar surface area (TPSA) is 62.6 Å². The first-order valence-corrected chi connectivity index (χ1v) is 11.8. The molecule has 5 nitrogen and oxygen atoms in total. The molecule has 0 saturated heterocycles. The van der Waals surface area contributed by atoms with Crippen LogP contribution in [0.3, 0.4) is 0 Å². The van der Waals surface area contributed by atoms with Crippen LogP contribution in [0.25, 0.3) is 0 Å². The van der Waals surface area contributed by atoms with Gasteiger partial charge in [0, 0.05) is 16.6 Å². The average Bonchev–Trinajstić information content (AvgIpc) is 3.52. The molecule has 0 aliphatic heterocycles. The van der Waals surface area contributed by atoms with Crippen molar-refractivity contribution in [3.63, 3.8) is 0 Å². The number of nitrogens with one attached hydrogen (secondary N) is 1. The number of halogens is 1. The highest BCUT2D eigenvalue weighted by atomic mass is 32.1. The number of hydrogen-bond acceptors (Lipinski definition) is 4. The summed E-state index contributed by atoms with van der Waals surface area (Å²) in [6.45, 7) is 3.45. The SMILES string of the molecule is Cc1ccc([C@@H](C(=O)NC2CCCC2)N(C(=O)Cc2cccs2)c2ccc(C)c(F)c2)o1. The van der Waals surface area contributed by atoms with Crippen LogP contribution >= 0.6 is 11.3 Å². The van der Waals surface area contributed by atoms with Crippen LogP contribution in [-0.4, -0.2) is 17.9 Å². The molecule has 2 heterocycles. The smallest absolute Gasteiger partial charge is 0.251 e. The zero-order valence-electron chi connectivity index (χ0n) is 18.3. The summed E-state index contributed by atoms with van der Waals surface area (Å²) in [7, 11) is 0. The molecule has 1 aliphatic rings. The standard InChI is InChI=1S/C25H27FN2O3S/c1-16-9-11-19(14-21(16)26)28(23(29)15-20-8-5-13-32-20)24(22-12-10-17(2)31-22)25(30)27-18-6-3-4-7-18/h5,8-14,18,24H,3-4,6-7,15H2,1-2H3,(H,27,30)/t24-/m0/s1. The van der Waals surface area contributed by atoms with Gasteiger partial charge in [0.25, 0.3) is 5.91 Å². The van der Waals surface area contributed by atoms with Gasteiger partial charge in [0.2, 0.25) is 5.91 Å². The Hall–Kier alpha value is -2.93. The van der Waals surface area contributed by atoms with Gasteiger partial charge in [0.1, 0.15) is 17.3 Å². The molecular formula is C25H27FN2O3S. The maximum absolute atomic E-state index is 14.5. The molecule has 0 spiro atoms. The number of furan rings is 1. The summed E-state index contributed by atoms with van der Waals surface area (Å²) >= 11 is 1.47. The Morgan fingerprint density at radius 2 is 1.97 bits per heavy atom. The van der Waals surface area contributed by atoms with Crippen LogP contribution in [0.4, 0.5) is 10.1 Å². The molecule has 1 aromatic carbocycles. The van der Waals surface area contributed by atoms with Gasteiger partial charge in [-0.3, -0.25) is 14.5 Å². The third kappa shape index (κ3) is 4.93. The Morgan fingerprint density at radius 3 is 2.59 bits per heavy atom. The van der Waals surface area contributed by atoms with Gasteiger partial charge in [-0.1, -0.05) is 25.0 Å². The lowest BCUT2D eigenvalue weighted by molar-refractivity contribution is -0.127. The van der Waals surface area contributed by atoms with Crippen LogP contribution in [-0.2, 0) is 16.0 Å². The zero-order valence-corrected chi connectivity index (χ0v) is 19.1. The summed E-state index contributed by atoms with van der Waals surface area (Å²) in [6.07, 6.45) is 4.08. The van der Waals surface area contributed by atoms with E-state index in [1.807, 2.05) is 17.5 Å². The number of rotatable bonds is 7. The molecule has 0 radical (unpaired) electrons. The molecule has 1 saturated carbocycles. The molecule has 32 heavy (non-hydrogen) atoms. The summed E-state index contributed by atoms with van der Waals surface area (Å²) in [6, 6.07) is 10.9. The van der Waals surface area contributed by atoms with E-state index in [4.69, 9.17) is 4.42 Å². The molecule has 7 heteroatoms. The summed E-state index contributed by atoms with van der Waals surface area (Å²) < 4.78 is 20.3. The Bertz CT molecular complexity index is 1090. The molecule has 1 aliphatic carbocycles. The first kappa shape index (κ1) is 22.3. The quantitative estimate of drug-likeness (QED) is 0.515. The van der Waals surface area contributed by atoms with Gasteiger partial charge in [-0.2, -0.15) is 0 Å². The van der Waals surface area contributed by atoms with Crippen LogP contribution in [0.5, 0.6) is 0 Å². The summed E-state index contributed by atoms with van der Waals surface area (Å²) in [5, 5.41) is 4.99. The molecule has 0 unspecified atom stereocenters. The molecule has 168 valence electrons. The van der Waals surface area contributed by atoms with E-state index in [0.29, 0.717) is 22.8 Å². The minimum atomic E-state index is -1.03. The van der Waals surface area contributed by atoms with E-state index in [0.717, 1.165) is 30.6 Å². The number of amides is 2. The van der Waals surface area contributed by atoms with Crippen molar-refractivity contribution in [1.29, 1.82) is 0 Å². The van der Waals surface area contributed by atoms with Gasteiger partial charge in [0.05, 0.1) is 6.42 Å². The molecule has 4 rings (SSSR count). The lowest BCUT2D eigenvalue weighted by Gasteiger charge is -2.31. The molecular weight excluding hydrogens is 427 g/mol. The van der Waals surface area contributed by atoms with Crippen molar-refractivity contribution in [2.24, 2.45) is 0 Å². The van der Waals surface area contributed by atoms with Gasteiger partial charge < -0.3 is 9.73 Å². The lowest BCUT2D eigenvalue weighted by atomic mass is 10.1. The van der Waals surface area contributed by atoms with Crippen LogP contribution in [0.2, 0.25) is 0 Å². The summed E-state index contributed by atoms with van der Waals surface area (Å²) in [4.78, 5) is 29.3. The lowest BCUT2D eigenvalue weighted by Crippen LogP contribution is -2.46. The maximum Gasteiger partial charge on any atom is 0.251 e. The molecule has 2 aromatic heterocycles. The Balaban J connectivity index is 1.76. The Kier molecular flexibility index (Phi) is 6.74. The van der Waals surface area contributed by atoms with Crippen molar-refractivity contribution < 1.29 is 18.4 Å². The molecule has 2 amide bonds. The molecule has 1 atom stereocenters. The Morgan fingerprint density at radius 1 is 1.19 bits per heavy atom. The van der Waals surface area contributed by atoms with Gasteiger partial charge in [-0.05, 0) is 68.0 Å². The van der Waals surface area contributed by atoms with E-state index in [9.17, 15) is 14.0 Å². The number of nitrogens with zero attached hydrogens (tertiary/aromatic N) is 1. The molecule has 1 N–H and O–H groups in total. The maximum atomic E-state index is 14.5. The van der Waals surface area contributed by atoms with Gasteiger partial charge in [-0.25, -0.2) is 4.39 Å². The highest BCUT2D eigenvalue weighted by Gasteiger charge is 2.36. The number of anilines is 1. The third-order valence-electron chi connectivity index (χ3n) is 5.85. The largest absolute Gasteiger partial charge is 0.464 e. The van der Waals surface area contributed by atoms with Crippen molar-refractivity contribution in [2.75, 3.05) is 4.90 Å². The summed E-state index contributed by atoms with van der Waals surface area (Å²) in [5.41, 5.74) is 0.801. The van der Waals surface area contributed by atoms with Crippen molar-refractivity contribution in [3.8, 4) is 0 Å². The fraction of sp³-hybridized carbons (Fsp3) is 0.360. The zero-order chi connectivity index (χ0) is 22.7. The van der Waals surface area contributed by atoms with E-state index >= 15 is 0 Å². The van der Waals surface area contributed by atoms with Gasteiger partial charge in [0.15, 0.2) is 6.04 Å². The number of benzene rings is 1. The van der Waals surface area contributed by atoms with E-state index in [-0.39, 0.29) is 24.3 Å². The predicted octanol–water partition coefficient (Wildman–Crippen LogP) is 5.47. The normalized spacial score (nSPS) is 15.0. The average molecular weight is 455 g/mol. The number of aryl methyl sites for hydroxylation is 2. The van der Waals surface area contributed by atoms with E-state index < -0.39 is 11.9 Å². The Labute approximate surface area is 191 Å². The van der Waals surface area contributed by atoms with Crippen LogP contribution in [0.1, 0.15) is 53.7 Å². The van der Waals surface area contributed by atoms with Crippen molar-refractivity contribution in [1.82, 2.24) is 5.32 Å². The van der Waals surface area contributed by atoms with Crippen LogP contribution in [0.15, 0.2) is 52.3 Å². The fourth-order valence-electron chi connectivity index (χ4n) is 4.14. The third-order valence-corrected chi connectivity index (χ3v) is 6.72. The summed E-state index contributed by atoms with van der Waals surface area (Å²) in [5.74, 6) is -0.0389. The second kappa shape index (κ2) is 9.69. The predicted molar refractivity (Wildman–Crippen MR) is 123 cm³/mol. The second-order valence-corrected chi connectivity index (χ2v) is 9.33. The van der Waals surface area contributed by atoms with E-state index in [1.54, 1.807) is 38.1 Å². The highest BCUT2D eigenvalue weighted by molar-refractivity contribution is 7.10. The van der Waals surface area contributed by atoms with Crippen molar-refractivity contribution in [2.45, 2.75) is 58.0 Å². The first-order valence-electron chi connectivity index (χ1n) is 10.9. The van der Waals surface area contributed by atoms with Crippen molar-refractivity contribution in [3.05, 3.63) is 75.6 Å². The number of hydrogen-bond donors (Lipinski definition) is 1. The van der Waals surface area contributed by atoms with E-state index in [2.05, 4.69) is 5.32 Å². The highest BCUT2D eigenvalue weighted by Crippen LogP contribution is 2.32. The van der Waals surface area contributed by atoms with Gasteiger partial charge >= 0.3 is 0 Å². The monoisotopic (exact) mass is 454 g/mol. The molecule has 1 fully saturated rings.